The summed E-state index contributed by atoms with van der Waals surface area (Å²) in [6, 6.07) is 16.4. The molecule has 0 radical (unpaired) electrons. The third-order valence-electron chi connectivity index (χ3n) is 4.14. The van der Waals surface area contributed by atoms with Crippen molar-refractivity contribution in [2.75, 3.05) is 30.8 Å². The second-order valence-corrected chi connectivity index (χ2v) is 6.09. The highest BCUT2D eigenvalue weighted by Crippen LogP contribution is 2.12. The summed E-state index contributed by atoms with van der Waals surface area (Å²) in [7, 11) is 1.66. The third kappa shape index (κ3) is 5.95. The molecule has 5 nitrogen and oxygen atoms in total. The molecule has 0 unspecified atom stereocenters. The Balaban J connectivity index is 1.44. The quantitative estimate of drug-likeness (QED) is 0.601. The lowest BCUT2D eigenvalue weighted by atomic mass is 10.1. The minimum absolute atomic E-state index is 0.215. The van der Waals surface area contributed by atoms with Gasteiger partial charge in [0, 0.05) is 19.3 Å². The Labute approximate surface area is 158 Å². The molecule has 3 aromatic rings. The fourth-order valence-electron chi connectivity index (χ4n) is 2.64. The van der Waals surface area contributed by atoms with Crippen LogP contribution in [0.3, 0.4) is 0 Å². The van der Waals surface area contributed by atoms with Crippen LogP contribution in [-0.4, -0.2) is 30.2 Å². The highest BCUT2D eigenvalue weighted by atomic mass is 19.1. The first-order valence-corrected chi connectivity index (χ1v) is 8.91. The van der Waals surface area contributed by atoms with Gasteiger partial charge in [0.1, 0.15) is 17.4 Å². The lowest BCUT2D eigenvalue weighted by Gasteiger charge is -2.09. The van der Waals surface area contributed by atoms with Crippen LogP contribution in [0.2, 0.25) is 0 Å². The zero-order chi connectivity index (χ0) is 18.9. The van der Waals surface area contributed by atoms with Crippen molar-refractivity contribution >= 4 is 11.8 Å². The molecule has 0 fully saturated rings. The van der Waals surface area contributed by atoms with Gasteiger partial charge in [-0.15, -0.1) is 0 Å². The molecule has 0 aliphatic heterocycles. The van der Waals surface area contributed by atoms with Crippen molar-refractivity contribution in [2.24, 2.45) is 0 Å². The molecule has 2 N–H and O–H groups in total. The first kappa shape index (κ1) is 18.6. The topological polar surface area (TPSA) is 59.1 Å². The lowest BCUT2D eigenvalue weighted by molar-refractivity contribution is 0.414. The number of halogens is 1. The summed E-state index contributed by atoms with van der Waals surface area (Å²) in [5.41, 5.74) is 2.30. The predicted octanol–water partition coefficient (Wildman–Crippen LogP) is 3.93. The number of nitrogens with one attached hydrogen (secondary N) is 2. The van der Waals surface area contributed by atoms with Gasteiger partial charge in [-0.1, -0.05) is 24.3 Å². The SMILES string of the molecule is COc1ccc(CCNc2nccc(NCCc3ccc(F)cc3)n2)cc1. The van der Waals surface area contributed by atoms with E-state index >= 15 is 0 Å². The van der Waals surface area contributed by atoms with Crippen molar-refractivity contribution in [3.8, 4) is 5.75 Å². The molecule has 0 saturated carbocycles. The van der Waals surface area contributed by atoms with Crippen LogP contribution in [0, 0.1) is 5.82 Å². The van der Waals surface area contributed by atoms with E-state index in [0.717, 1.165) is 36.5 Å². The van der Waals surface area contributed by atoms with Gasteiger partial charge in [-0.05, 0) is 54.3 Å². The van der Waals surface area contributed by atoms with Crippen molar-refractivity contribution in [1.82, 2.24) is 9.97 Å². The highest BCUT2D eigenvalue weighted by Gasteiger charge is 2.01. The Morgan fingerprint density at radius 2 is 1.48 bits per heavy atom. The maximum absolute atomic E-state index is 12.9. The fraction of sp³-hybridized carbons (Fsp3) is 0.238. The van der Waals surface area contributed by atoms with Crippen molar-refractivity contribution in [3.63, 3.8) is 0 Å². The van der Waals surface area contributed by atoms with Crippen LogP contribution in [-0.2, 0) is 12.8 Å². The minimum atomic E-state index is -0.215. The van der Waals surface area contributed by atoms with E-state index in [1.165, 1.54) is 17.7 Å². The van der Waals surface area contributed by atoms with Gasteiger partial charge in [0.25, 0.3) is 0 Å². The number of ether oxygens (including phenoxy) is 1. The predicted molar refractivity (Wildman–Crippen MR) is 106 cm³/mol. The molecule has 140 valence electrons. The molecule has 0 aliphatic carbocycles. The van der Waals surface area contributed by atoms with Gasteiger partial charge in [-0.2, -0.15) is 4.98 Å². The third-order valence-corrected chi connectivity index (χ3v) is 4.14. The van der Waals surface area contributed by atoms with Gasteiger partial charge in [-0.25, -0.2) is 9.37 Å². The molecule has 1 aromatic heterocycles. The first-order valence-electron chi connectivity index (χ1n) is 8.91. The molecule has 0 atom stereocenters. The van der Waals surface area contributed by atoms with Crippen LogP contribution in [0.25, 0.3) is 0 Å². The van der Waals surface area contributed by atoms with Gasteiger partial charge in [0.15, 0.2) is 0 Å². The summed E-state index contributed by atoms with van der Waals surface area (Å²) in [6.45, 7) is 1.46. The number of hydrogen-bond acceptors (Lipinski definition) is 5. The minimum Gasteiger partial charge on any atom is -0.497 e. The number of rotatable bonds is 9. The van der Waals surface area contributed by atoms with Gasteiger partial charge in [0.05, 0.1) is 7.11 Å². The number of aromatic nitrogens is 2. The normalized spacial score (nSPS) is 10.4. The van der Waals surface area contributed by atoms with Gasteiger partial charge >= 0.3 is 0 Å². The number of hydrogen-bond donors (Lipinski definition) is 2. The van der Waals surface area contributed by atoms with E-state index in [4.69, 9.17) is 4.74 Å². The summed E-state index contributed by atoms with van der Waals surface area (Å²) >= 11 is 0. The Morgan fingerprint density at radius 1 is 0.852 bits per heavy atom. The zero-order valence-corrected chi connectivity index (χ0v) is 15.3. The molecular weight excluding hydrogens is 343 g/mol. The molecule has 0 saturated heterocycles. The van der Waals surface area contributed by atoms with E-state index in [-0.39, 0.29) is 5.82 Å². The smallest absolute Gasteiger partial charge is 0.224 e. The van der Waals surface area contributed by atoms with E-state index in [1.807, 2.05) is 18.2 Å². The van der Waals surface area contributed by atoms with E-state index in [9.17, 15) is 4.39 Å². The van der Waals surface area contributed by atoms with Gasteiger partial charge < -0.3 is 15.4 Å². The molecule has 2 aromatic carbocycles. The molecule has 27 heavy (non-hydrogen) atoms. The maximum atomic E-state index is 12.9. The second kappa shape index (κ2) is 9.52. The Bertz CT molecular complexity index is 838. The largest absolute Gasteiger partial charge is 0.497 e. The van der Waals surface area contributed by atoms with Crippen LogP contribution in [0.5, 0.6) is 5.75 Å². The summed E-state index contributed by atoms with van der Waals surface area (Å²) in [4.78, 5) is 8.71. The first-order chi connectivity index (χ1) is 13.2. The van der Waals surface area contributed by atoms with Crippen LogP contribution < -0.4 is 15.4 Å². The molecule has 0 aliphatic rings. The van der Waals surface area contributed by atoms with E-state index in [2.05, 4.69) is 32.7 Å². The summed E-state index contributed by atoms with van der Waals surface area (Å²) in [5.74, 6) is 2.00. The monoisotopic (exact) mass is 366 g/mol. The van der Waals surface area contributed by atoms with Crippen molar-refractivity contribution in [3.05, 3.63) is 77.7 Å². The van der Waals surface area contributed by atoms with Crippen LogP contribution >= 0.6 is 0 Å². The molecule has 6 heteroatoms. The van der Waals surface area contributed by atoms with Crippen LogP contribution in [0.1, 0.15) is 11.1 Å². The zero-order valence-electron chi connectivity index (χ0n) is 15.3. The number of benzene rings is 2. The lowest BCUT2D eigenvalue weighted by Crippen LogP contribution is -2.11. The second-order valence-electron chi connectivity index (χ2n) is 6.09. The summed E-state index contributed by atoms with van der Waals surface area (Å²) in [6.07, 6.45) is 3.39. The van der Waals surface area contributed by atoms with Gasteiger partial charge in [0.2, 0.25) is 5.95 Å². The number of anilines is 2. The van der Waals surface area contributed by atoms with Crippen LogP contribution in [0.15, 0.2) is 60.8 Å². The standard InChI is InChI=1S/C21H23FN4O/c1-27-19-8-4-17(5-9-19)11-14-24-21-25-15-12-20(26-21)23-13-10-16-2-6-18(22)7-3-16/h2-9,12,15H,10-11,13-14H2,1H3,(H2,23,24,25,26). The molecular formula is C21H23FN4O. The van der Waals surface area contributed by atoms with Crippen molar-refractivity contribution < 1.29 is 9.13 Å². The molecule has 0 bridgehead atoms. The van der Waals surface area contributed by atoms with Crippen molar-refractivity contribution in [1.29, 1.82) is 0 Å². The summed E-state index contributed by atoms with van der Waals surface area (Å²) in [5, 5.41) is 6.51. The van der Waals surface area contributed by atoms with Crippen LogP contribution in [0.4, 0.5) is 16.2 Å². The maximum Gasteiger partial charge on any atom is 0.224 e. The number of nitrogens with zero attached hydrogens (tertiary/aromatic N) is 2. The average molecular weight is 366 g/mol. The Kier molecular flexibility index (Phi) is 6.57. The molecule has 3 rings (SSSR count). The Hall–Kier alpha value is -3.15. The number of methoxy groups -OCH3 is 1. The highest BCUT2D eigenvalue weighted by molar-refractivity contribution is 5.40. The fourth-order valence-corrected chi connectivity index (χ4v) is 2.64. The molecule has 1 heterocycles. The average Bonchev–Trinajstić information content (AvgIpc) is 2.70. The van der Waals surface area contributed by atoms with E-state index in [1.54, 1.807) is 25.4 Å². The van der Waals surface area contributed by atoms with Crippen molar-refractivity contribution in [2.45, 2.75) is 12.8 Å². The van der Waals surface area contributed by atoms with E-state index < -0.39 is 0 Å². The van der Waals surface area contributed by atoms with Gasteiger partial charge in [-0.3, -0.25) is 0 Å². The molecule has 0 amide bonds. The molecule has 0 spiro atoms. The van der Waals surface area contributed by atoms with E-state index in [0.29, 0.717) is 12.5 Å². The Morgan fingerprint density at radius 3 is 2.15 bits per heavy atom. The summed E-state index contributed by atoms with van der Waals surface area (Å²) < 4.78 is 18.1.